The maximum absolute atomic E-state index is 14.3. The van der Waals surface area contributed by atoms with Crippen molar-refractivity contribution in [3.05, 3.63) is 72.3 Å². The monoisotopic (exact) mass is 397 g/mol. The molecule has 3 aromatic rings. The van der Waals surface area contributed by atoms with E-state index in [1.807, 2.05) is 30.3 Å². The zero-order valence-electron chi connectivity index (χ0n) is 14.6. The van der Waals surface area contributed by atoms with Crippen LogP contribution >= 0.6 is 12.2 Å². The summed E-state index contributed by atoms with van der Waals surface area (Å²) >= 11 is 5.10. The molecule has 1 amide bonds. The number of nitrogen functional groups attached to an aromatic ring is 1. The van der Waals surface area contributed by atoms with E-state index in [0.717, 1.165) is 5.56 Å². The minimum absolute atomic E-state index is 0.0392. The minimum Gasteiger partial charge on any atom is -0.436 e. The highest BCUT2D eigenvalue weighted by Crippen LogP contribution is 2.25. The molecular formula is C19H16FN5O2S. The van der Waals surface area contributed by atoms with Crippen molar-refractivity contribution in [3.8, 4) is 11.6 Å². The number of hydrogen-bond acceptors (Lipinski definition) is 6. The van der Waals surface area contributed by atoms with E-state index in [2.05, 4.69) is 20.6 Å². The number of anilines is 2. The van der Waals surface area contributed by atoms with Crippen LogP contribution in [0.2, 0.25) is 0 Å². The lowest BCUT2D eigenvalue weighted by atomic mass is 10.1. The average Bonchev–Trinajstić information content (AvgIpc) is 2.64. The molecule has 3 rings (SSSR count). The topological polar surface area (TPSA) is 102 Å². The number of amides is 1. The second-order valence-electron chi connectivity index (χ2n) is 5.69. The molecule has 142 valence electrons. The zero-order chi connectivity index (χ0) is 19.9. The zero-order valence-corrected chi connectivity index (χ0v) is 15.4. The maximum atomic E-state index is 14.3. The molecule has 0 aliphatic heterocycles. The number of carbonyl (C=O) groups is 1. The van der Waals surface area contributed by atoms with E-state index < -0.39 is 5.82 Å². The standard InChI is InChI=1S/C19H16FN5O2S/c20-14-9-13(6-7-15(14)27-18-10-16(21)22-11-23-18)24-19(28)25-17(26)8-12-4-2-1-3-5-12/h1-7,9-11H,8H2,(H2,21,22,23)(H2,24,25,26,28). The van der Waals surface area contributed by atoms with Gasteiger partial charge in [0.05, 0.1) is 6.42 Å². The summed E-state index contributed by atoms with van der Waals surface area (Å²) in [6, 6.07) is 14.8. The Morgan fingerprint density at radius 2 is 1.93 bits per heavy atom. The molecule has 0 unspecified atom stereocenters. The van der Waals surface area contributed by atoms with Gasteiger partial charge < -0.3 is 21.1 Å². The molecule has 7 nitrogen and oxygen atoms in total. The molecule has 1 aromatic heterocycles. The van der Waals surface area contributed by atoms with Gasteiger partial charge in [-0.15, -0.1) is 0 Å². The predicted octanol–water partition coefficient (Wildman–Crippen LogP) is 3.05. The fourth-order valence-corrected chi connectivity index (χ4v) is 2.53. The quantitative estimate of drug-likeness (QED) is 0.569. The first-order valence-corrected chi connectivity index (χ1v) is 8.60. The summed E-state index contributed by atoms with van der Waals surface area (Å²) in [7, 11) is 0. The lowest BCUT2D eigenvalue weighted by Gasteiger charge is -2.11. The third-order valence-corrected chi connectivity index (χ3v) is 3.73. The van der Waals surface area contributed by atoms with Gasteiger partial charge in [0, 0.05) is 17.8 Å². The van der Waals surface area contributed by atoms with Crippen LogP contribution in [-0.2, 0) is 11.2 Å². The normalized spacial score (nSPS) is 10.2. The van der Waals surface area contributed by atoms with Crippen LogP contribution in [0.1, 0.15) is 5.56 Å². The fourth-order valence-electron chi connectivity index (χ4n) is 2.30. The number of benzene rings is 2. The number of nitrogens with two attached hydrogens (primary N) is 1. The Morgan fingerprint density at radius 1 is 1.14 bits per heavy atom. The molecule has 0 spiro atoms. The molecule has 0 fully saturated rings. The van der Waals surface area contributed by atoms with Gasteiger partial charge in [0.1, 0.15) is 12.1 Å². The van der Waals surface area contributed by atoms with E-state index in [0.29, 0.717) is 5.69 Å². The molecule has 0 radical (unpaired) electrons. The van der Waals surface area contributed by atoms with Crippen molar-refractivity contribution in [1.82, 2.24) is 15.3 Å². The van der Waals surface area contributed by atoms with Crippen LogP contribution < -0.4 is 21.1 Å². The number of nitrogens with zero attached hydrogens (tertiary/aromatic N) is 2. The summed E-state index contributed by atoms with van der Waals surface area (Å²) in [5.41, 5.74) is 6.75. The van der Waals surface area contributed by atoms with Crippen molar-refractivity contribution in [1.29, 1.82) is 0 Å². The SMILES string of the molecule is Nc1cc(Oc2ccc(NC(=S)NC(=O)Cc3ccccc3)cc2F)ncn1. The highest BCUT2D eigenvalue weighted by molar-refractivity contribution is 7.80. The van der Waals surface area contributed by atoms with Crippen molar-refractivity contribution in [3.63, 3.8) is 0 Å². The second-order valence-corrected chi connectivity index (χ2v) is 6.10. The van der Waals surface area contributed by atoms with Gasteiger partial charge in [0.25, 0.3) is 0 Å². The Kier molecular flexibility index (Phi) is 6.07. The second kappa shape index (κ2) is 8.87. The molecule has 0 bridgehead atoms. The number of nitrogens with one attached hydrogen (secondary N) is 2. The minimum atomic E-state index is -0.638. The summed E-state index contributed by atoms with van der Waals surface area (Å²) < 4.78 is 19.6. The molecule has 0 aliphatic carbocycles. The van der Waals surface area contributed by atoms with E-state index in [4.69, 9.17) is 22.7 Å². The molecule has 0 saturated carbocycles. The molecule has 1 heterocycles. The lowest BCUT2D eigenvalue weighted by Crippen LogP contribution is -2.35. The van der Waals surface area contributed by atoms with Crippen LogP contribution in [-0.4, -0.2) is 21.0 Å². The van der Waals surface area contributed by atoms with Gasteiger partial charge in [-0.05, 0) is 29.9 Å². The van der Waals surface area contributed by atoms with E-state index in [1.54, 1.807) is 6.07 Å². The van der Waals surface area contributed by atoms with E-state index >= 15 is 0 Å². The molecule has 0 aliphatic rings. The van der Waals surface area contributed by atoms with Crippen LogP contribution in [0.3, 0.4) is 0 Å². The van der Waals surface area contributed by atoms with Crippen molar-refractivity contribution >= 4 is 34.7 Å². The van der Waals surface area contributed by atoms with Gasteiger partial charge in [-0.2, -0.15) is 0 Å². The third kappa shape index (κ3) is 5.45. The summed E-state index contributed by atoms with van der Waals surface area (Å²) in [6.45, 7) is 0. The van der Waals surface area contributed by atoms with Crippen LogP contribution in [0.5, 0.6) is 11.6 Å². The molecule has 4 N–H and O–H groups in total. The van der Waals surface area contributed by atoms with Gasteiger partial charge in [-0.25, -0.2) is 14.4 Å². The van der Waals surface area contributed by atoms with E-state index in [1.165, 1.54) is 24.5 Å². The number of carbonyl (C=O) groups excluding carboxylic acids is 1. The fraction of sp³-hybridized carbons (Fsp3) is 0.0526. The largest absolute Gasteiger partial charge is 0.436 e. The van der Waals surface area contributed by atoms with Crippen LogP contribution in [0.4, 0.5) is 15.9 Å². The van der Waals surface area contributed by atoms with Crippen molar-refractivity contribution in [2.24, 2.45) is 0 Å². The smallest absolute Gasteiger partial charge is 0.230 e. The number of hydrogen-bond donors (Lipinski definition) is 3. The van der Waals surface area contributed by atoms with Gasteiger partial charge in [-0.3, -0.25) is 4.79 Å². The molecular weight excluding hydrogens is 381 g/mol. The summed E-state index contributed by atoms with van der Waals surface area (Å²) in [6.07, 6.45) is 1.40. The Bertz CT molecular complexity index is 1000. The van der Waals surface area contributed by atoms with E-state index in [9.17, 15) is 9.18 Å². The number of halogens is 1. The summed E-state index contributed by atoms with van der Waals surface area (Å²) in [5, 5.41) is 5.38. The number of thiocarbonyl (C=S) groups is 1. The van der Waals surface area contributed by atoms with Crippen LogP contribution in [0.25, 0.3) is 0 Å². The number of ether oxygens (including phenoxy) is 1. The highest BCUT2D eigenvalue weighted by Gasteiger charge is 2.10. The Hall–Kier alpha value is -3.59. The molecule has 0 atom stereocenters. The molecule has 28 heavy (non-hydrogen) atoms. The molecule has 2 aromatic carbocycles. The van der Waals surface area contributed by atoms with E-state index in [-0.39, 0.29) is 34.9 Å². The van der Waals surface area contributed by atoms with Crippen LogP contribution in [0, 0.1) is 5.82 Å². The predicted molar refractivity (Wildman–Crippen MR) is 107 cm³/mol. The number of aromatic nitrogens is 2. The molecule has 9 heteroatoms. The van der Waals surface area contributed by atoms with Gasteiger partial charge in [0.15, 0.2) is 16.7 Å². The highest BCUT2D eigenvalue weighted by atomic mass is 32.1. The van der Waals surface area contributed by atoms with Crippen molar-refractivity contribution < 1.29 is 13.9 Å². The van der Waals surface area contributed by atoms with Gasteiger partial charge in [-0.1, -0.05) is 30.3 Å². The maximum Gasteiger partial charge on any atom is 0.230 e. The summed E-state index contributed by atoms with van der Waals surface area (Å²) in [5.74, 6) is -0.621. The first-order valence-electron chi connectivity index (χ1n) is 8.19. The number of rotatable bonds is 5. The van der Waals surface area contributed by atoms with Crippen LogP contribution in [0.15, 0.2) is 60.9 Å². The molecule has 0 saturated heterocycles. The van der Waals surface area contributed by atoms with Crippen molar-refractivity contribution in [2.75, 3.05) is 11.1 Å². The lowest BCUT2D eigenvalue weighted by molar-refractivity contribution is -0.119. The van der Waals surface area contributed by atoms with Crippen molar-refractivity contribution in [2.45, 2.75) is 6.42 Å². The average molecular weight is 397 g/mol. The Balaban J connectivity index is 1.57. The first-order chi connectivity index (χ1) is 13.5. The Morgan fingerprint density at radius 3 is 2.64 bits per heavy atom. The Labute approximate surface area is 165 Å². The third-order valence-electron chi connectivity index (χ3n) is 3.53. The summed E-state index contributed by atoms with van der Waals surface area (Å²) in [4.78, 5) is 19.6. The first kappa shape index (κ1) is 19.2. The van der Waals surface area contributed by atoms with Gasteiger partial charge >= 0.3 is 0 Å². The van der Waals surface area contributed by atoms with Gasteiger partial charge in [0.2, 0.25) is 11.8 Å².